The van der Waals surface area contributed by atoms with Crippen molar-refractivity contribution in [1.82, 2.24) is 15.1 Å². The number of hydrogen-bond acceptors (Lipinski definition) is 4. The molecule has 1 amide bonds. The second-order valence-electron chi connectivity index (χ2n) is 7.55. The van der Waals surface area contributed by atoms with Crippen molar-refractivity contribution in [3.05, 3.63) is 56.3 Å². The summed E-state index contributed by atoms with van der Waals surface area (Å²) >= 11 is 18.9. The lowest BCUT2D eigenvalue weighted by molar-refractivity contribution is -0.150. The zero-order chi connectivity index (χ0) is 22.5. The van der Waals surface area contributed by atoms with Crippen LogP contribution in [-0.4, -0.2) is 33.8 Å². The predicted molar refractivity (Wildman–Crippen MR) is 123 cm³/mol. The molecule has 0 radical (unpaired) electrons. The zero-order valence-electron chi connectivity index (χ0n) is 17.3. The van der Waals surface area contributed by atoms with Gasteiger partial charge in [-0.2, -0.15) is 5.10 Å². The summed E-state index contributed by atoms with van der Waals surface area (Å²) in [5.74, 6) is -0.918. The average Bonchev–Trinajstić information content (AvgIpc) is 3.31. The molecule has 1 N–H and O–H groups in total. The molecule has 6 nitrogen and oxygen atoms in total. The number of aryl methyl sites for hydroxylation is 1. The number of aromatic nitrogens is 2. The first kappa shape index (κ1) is 23.6. The van der Waals surface area contributed by atoms with Crippen molar-refractivity contribution < 1.29 is 14.3 Å². The Kier molecular flexibility index (Phi) is 8.03. The highest BCUT2D eigenvalue weighted by molar-refractivity contribution is 6.36. The van der Waals surface area contributed by atoms with E-state index in [2.05, 4.69) is 10.4 Å². The lowest BCUT2D eigenvalue weighted by Gasteiger charge is -2.16. The second-order valence-corrected chi connectivity index (χ2v) is 8.72. The fraction of sp³-hybridized carbons (Fsp3) is 0.409. The molecule has 9 heteroatoms. The first-order valence-corrected chi connectivity index (χ1v) is 11.2. The van der Waals surface area contributed by atoms with Gasteiger partial charge in [-0.1, -0.05) is 53.7 Å². The second kappa shape index (κ2) is 10.5. The maximum Gasteiger partial charge on any atom is 0.331 e. The Labute approximate surface area is 196 Å². The van der Waals surface area contributed by atoms with Crippen molar-refractivity contribution in [3.63, 3.8) is 0 Å². The zero-order valence-corrected chi connectivity index (χ0v) is 19.6. The Bertz CT molecular complexity index is 977. The van der Waals surface area contributed by atoms with E-state index in [9.17, 15) is 9.59 Å². The summed E-state index contributed by atoms with van der Waals surface area (Å²) in [4.78, 5) is 24.4. The van der Waals surface area contributed by atoms with Crippen LogP contribution in [0.2, 0.25) is 15.2 Å². The smallest absolute Gasteiger partial charge is 0.331 e. The number of carbonyl (C=O) groups excluding carboxylic acids is 2. The number of amides is 1. The minimum atomic E-state index is -0.876. The maximum atomic E-state index is 12.2. The fourth-order valence-electron chi connectivity index (χ4n) is 3.50. The molecule has 1 heterocycles. The van der Waals surface area contributed by atoms with Crippen LogP contribution >= 0.6 is 34.8 Å². The number of carbonyl (C=O) groups is 2. The van der Waals surface area contributed by atoms with E-state index >= 15 is 0 Å². The molecule has 1 aromatic carbocycles. The van der Waals surface area contributed by atoms with Gasteiger partial charge in [-0.3, -0.25) is 4.79 Å². The van der Waals surface area contributed by atoms with Crippen molar-refractivity contribution in [3.8, 4) is 0 Å². The first-order valence-electron chi connectivity index (χ1n) is 10.1. The van der Waals surface area contributed by atoms with E-state index in [1.54, 1.807) is 36.7 Å². The third kappa shape index (κ3) is 6.03. The Morgan fingerprint density at radius 1 is 1.26 bits per heavy atom. The van der Waals surface area contributed by atoms with Crippen LogP contribution in [-0.2, 0) is 20.9 Å². The maximum absolute atomic E-state index is 12.2. The Hall–Kier alpha value is -2.02. The van der Waals surface area contributed by atoms with E-state index in [4.69, 9.17) is 39.5 Å². The van der Waals surface area contributed by atoms with Crippen molar-refractivity contribution in [1.29, 1.82) is 0 Å². The van der Waals surface area contributed by atoms with Gasteiger partial charge in [0.25, 0.3) is 5.91 Å². The highest BCUT2D eigenvalue weighted by Crippen LogP contribution is 2.28. The monoisotopic (exact) mass is 483 g/mol. The van der Waals surface area contributed by atoms with Crippen LogP contribution in [0.1, 0.15) is 49.4 Å². The van der Waals surface area contributed by atoms with Crippen LogP contribution in [0.4, 0.5) is 0 Å². The highest BCUT2D eigenvalue weighted by atomic mass is 35.5. The van der Waals surface area contributed by atoms with E-state index in [0.717, 1.165) is 25.7 Å². The number of halogens is 3. The molecule has 1 aliphatic carbocycles. The molecule has 1 unspecified atom stereocenters. The summed E-state index contributed by atoms with van der Waals surface area (Å²) in [6.45, 7) is 3.62. The van der Waals surface area contributed by atoms with Crippen LogP contribution in [0.3, 0.4) is 0 Å². The summed E-state index contributed by atoms with van der Waals surface area (Å²) in [7, 11) is 0. The van der Waals surface area contributed by atoms with Crippen molar-refractivity contribution >= 4 is 52.8 Å². The number of benzene rings is 1. The molecule has 166 valence electrons. The number of rotatable bonds is 7. The van der Waals surface area contributed by atoms with E-state index in [0.29, 0.717) is 32.0 Å². The molecule has 1 fully saturated rings. The topological polar surface area (TPSA) is 73.2 Å². The van der Waals surface area contributed by atoms with Gasteiger partial charge in [-0.15, -0.1) is 0 Å². The SMILES string of the molecule is Cc1nn(Cc2c(Cl)cccc2Cl)c(Cl)c1C=CC(=O)OC(C)C(=O)NC1CCCC1. The number of ether oxygens (including phenoxy) is 1. The number of hydrogen-bond donors (Lipinski definition) is 1. The molecule has 1 aromatic heterocycles. The van der Waals surface area contributed by atoms with Crippen LogP contribution in [0.15, 0.2) is 24.3 Å². The standard InChI is InChI=1S/C22H24Cl3N3O3/c1-13-16(21(25)28(27-13)12-17-18(23)8-5-9-19(17)24)10-11-20(29)31-14(2)22(30)26-15-6-3-4-7-15/h5,8-11,14-15H,3-4,6-7,12H2,1-2H3,(H,26,30). The molecule has 0 aliphatic heterocycles. The van der Waals surface area contributed by atoms with E-state index in [1.165, 1.54) is 12.2 Å². The van der Waals surface area contributed by atoms with Gasteiger partial charge in [0.2, 0.25) is 0 Å². The third-order valence-corrected chi connectivity index (χ3v) is 6.34. The molecule has 1 saturated carbocycles. The highest BCUT2D eigenvalue weighted by Gasteiger charge is 2.22. The molecule has 3 rings (SSSR count). The quantitative estimate of drug-likeness (QED) is 0.433. The van der Waals surface area contributed by atoms with Crippen LogP contribution in [0.5, 0.6) is 0 Å². The van der Waals surface area contributed by atoms with E-state index in [1.807, 2.05) is 0 Å². The average molecular weight is 485 g/mol. The van der Waals surface area contributed by atoms with Crippen molar-refractivity contribution in [2.24, 2.45) is 0 Å². The number of nitrogens with zero attached hydrogens (tertiary/aromatic N) is 2. The summed E-state index contributed by atoms with van der Waals surface area (Å²) in [6, 6.07) is 5.42. The lowest BCUT2D eigenvalue weighted by atomic mass is 10.2. The van der Waals surface area contributed by atoms with Crippen molar-refractivity contribution in [2.75, 3.05) is 0 Å². The van der Waals surface area contributed by atoms with E-state index < -0.39 is 12.1 Å². The third-order valence-electron chi connectivity index (χ3n) is 5.23. The summed E-state index contributed by atoms with van der Waals surface area (Å²) in [5, 5.41) is 8.70. The molecule has 1 atom stereocenters. The minimum Gasteiger partial charge on any atom is -0.449 e. The molecular formula is C22H24Cl3N3O3. The molecule has 0 bridgehead atoms. The summed E-state index contributed by atoms with van der Waals surface area (Å²) in [6.07, 6.45) is 6.04. The van der Waals surface area contributed by atoms with Gasteiger partial charge in [-0.05, 0) is 44.9 Å². The van der Waals surface area contributed by atoms with Gasteiger partial charge >= 0.3 is 5.97 Å². The molecule has 2 aromatic rings. The first-order chi connectivity index (χ1) is 14.8. The molecule has 31 heavy (non-hydrogen) atoms. The number of esters is 1. The molecule has 0 saturated heterocycles. The summed E-state index contributed by atoms with van der Waals surface area (Å²) < 4.78 is 6.78. The van der Waals surface area contributed by atoms with Gasteiger partial charge < -0.3 is 10.1 Å². The molecule has 0 spiro atoms. The lowest BCUT2D eigenvalue weighted by Crippen LogP contribution is -2.40. The summed E-state index contributed by atoms with van der Waals surface area (Å²) in [5.41, 5.74) is 1.90. The molecule has 1 aliphatic rings. The number of nitrogens with one attached hydrogen (secondary N) is 1. The van der Waals surface area contributed by atoms with Crippen LogP contribution in [0.25, 0.3) is 6.08 Å². The minimum absolute atomic E-state index is 0.170. The fourth-order valence-corrected chi connectivity index (χ4v) is 4.32. The largest absolute Gasteiger partial charge is 0.449 e. The van der Waals surface area contributed by atoms with Crippen LogP contribution < -0.4 is 5.32 Å². The Morgan fingerprint density at radius 3 is 2.55 bits per heavy atom. The molecular weight excluding hydrogens is 461 g/mol. The van der Waals surface area contributed by atoms with Gasteiger partial charge in [0, 0.05) is 33.3 Å². The Balaban J connectivity index is 1.63. The van der Waals surface area contributed by atoms with Crippen molar-refractivity contribution in [2.45, 2.75) is 58.2 Å². The van der Waals surface area contributed by atoms with Gasteiger partial charge in [-0.25, -0.2) is 9.48 Å². The van der Waals surface area contributed by atoms with E-state index in [-0.39, 0.29) is 18.5 Å². The van der Waals surface area contributed by atoms with Gasteiger partial charge in [0.1, 0.15) is 5.15 Å². The van der Waals surface area contributed by atoms with Crippen LogP contribution in [0, 0.1) is 6.92 Å². The normalized spacial score (nSPS) is 15.4. The Morgan fingerprint density at radius 2 is 1.90 bits per heavy atom. The predicted octanol–water partition coefficient (Wildman–Crippen LogP) is 5.20. The van der Waals surface area contributed by atoms with Gasteiger partial charge in [0.15, 0.2) is 6.10 Å². The van der Waals surface area contributed by atoms with Gasteiger partial charge in [0.05, 0.1) is 12.2 Å².